The molecule has 3 aromatic carbocycles. The van der Waals surface area contributed by atoms with Gasteiger partial charge >= 0.3 is 6.03 Å². The Morgan fingerprint density at radius 2 is 1.59 bits per heavy atom. The third-order valence-corrected chi connectivity index (χ3v) is 6.65. The number of para-hydroxylation sites is 2. The van der Waals surface area contributed by atoms with Crippen LogP contribution >= 0.6 is 0 Å². The molecule has 8 nitrogen and oxygen atoms in total. The first kappa shape index (κ1) is 25.5. The summed E-state index contributed by atoms with van der Waals surface area (Å²) in [6, 6.07) is 26.7. The summed E-state index contributed by atoms with van der Waals surface area (Å²) in [5.74, 6) is -0.595. The van der Waals surface area contributed by atoms with Crippen LogP contribution in [0, 0.1) is 13.8 Å². The van der Waals surface area contributed by atoms with Gasteiger partial charge in [-0.1, -0.05) is 54.6 Å². The van der Waals surface area contributed by atoms with Gasteiger partial charge in [0.25, 0.3) is 5.91 Å². The average molecular weight is 521 g/mol. The van der Waals surface area contributed by atoms with Gasteiger partial charge in [0.05, 0.1) is 12.8 Å². The van der Waals surface area contributed by atoms with E-state index in [-0.39, 0.29) is 5.70 Å². The number of urea groups is 1. The molecule has 1 saturated heterocycles. The molecule has 0 unspecified atom stereocenters. The first-order chi connectivity index (χ1) is 18.9. The van der Waals surface area contributed by atoms with Gasteiger partial charge in [0.2, 0.25) is 5.91 Å². The number of hydrogen-bond donors (Lipinski definition) is 2. The molecule has 0 atom stereocenters. The largest absolute Gasteiger partial charge is 0.495 e. The van der Waals surface area contributed by atoms with E-state index in [1.165, 1.54) is 7.11 Å². The minimum atomic E-state index is -0.647. The maximum Gasteiger partial charge on any atom is 0.329 e. The van der Waals surface area contributed by atoms with Crippen molar-refractivity contribution >= 4 is 29.6 Å². The van der Waals surface area contributed by atoms with Crippen molar-refractivity contribution in [2.24, 2.45) is 0 Å². The molecule has 0 bridgehead atoms. The second kappa shape index (κ2) is 10.7. The van der Waals surface area contributed by atoms with Crippen LogP contribution in [0.2, 0.25) is 0 Å². The Morgan fingerprint density at radius 3 is 2.31 bits per heavy atom. The maximum absolute atomic E-state index is 13.0. The first-order valence-corrected chi connectivity index (χ1v) is 12.5. The quantitative estimate of drug-likeness (QED) is 0.255. The average Bonchev–Trinajstić information content (AvgIpc) is 3.37. The Balaban J connectivity index is 1.33. The number of nitrogens with one attached hydrogen (secondary N) is 2. The van der Waals surface area contributed by atoms with Crippen LogP contribution in [0.4, 0.5) is 10.5 Å². The van der Waals surface area contributed by atoms with Gasteiger partial charge in [0.1, 0.15) is 18.0 Å². The maximum atomic E-state index is 13.0. The number of amides is 4. The van der Waals surface area contributed by atoms with E-state index >= 15 is 0 Å². The monoisotopic (exact) mass is 520 g/mol. The molecule has 4 amide bonds. The third-order valence-electron chi connectivity index (χ3n) is 6.65. The topological polar surface area (TPSA) is 92.7 Å². The normalized spacial score (nSPS) is 14.0. The Labute approximate surface area is 226 Å². The number of ether oxygens (including phenoxy) is 1. The second-order valence-corrected chi connectivity index (χ2v) is 9.20. The van der Waals surface area contributed by atoms with E-state index in [1.807, 2.05) is 38.1 Å². The minimum Gasteiger partial charge on any atom is -0.495 e. The van der Waals surface area contributed by atoms with Crippen molar-refractivity contribution in [2.75, 3.05) is 19.0 Å². The second-order valence-electron chi connectivity index (χ2n) is 9.20. The van der Waals surface area contributed by atoms with E-state index in [2.05, 4.69) is 51.6 Å². The molecule has 2 N–H and O–H groups in total. The molecule has 0 spiro atoms. The number of anilines is 1. The zero-order chi connectivity index (χ0) is 27.5. The van der Waals surface area contributed by atoms with E-state index < -0.39 is 24.4 Å². The van der Waals surface area contributed by atoms with Crippen LogP contribution in [0.1, 0.15) is 17.0 Å². The minimum absolute atomic E-state index is 0.116. The van der Waals surface area contributed by atoms with Gasteiger partial charge in [0, 0.05) is 17.1 Å². The molecular formula is C31H28N4O4. The van der Waals surface area contributed by atoms with E-state index in [4.69, 9.17) is 4.74 Å². The fraction of sp³-hybridized carbons (Fsp3) is 0.129. The summed E-state index contributed by atoms with van der Waals surface area (Å²) in [5, 5.41) is 5.29. The lowest BCUT2D eigenvalue weighted by Crippen LogP contribution is -2.38. The number of imide groups is 1. The zero-order valence-electron chi connectivity index (χ0n) is 21.9. The van der Waals surface area contributed by atoms with Gasteiger partial charge < -0.3 is 19.9 Å². The highest BCUT2D eigenvalue weighted by atomic mass is 16.5. The van der Waals surface area contributed by atoms with Gasteiger partial charge in [-0.3, -0.25) is 9.59 Å². The van der Waals surface area contributed by atoms with E-state index in [1.54, 1.807) is 30.3 Å². The van der Waals surface area contributed by atoms with E-state index in [0.717, 1.165) is 38.7 Å². The predicted molar refractivity (Wildman–Crippen MR) is 151 cm³/mol. The summed E-state index contributed by atoms with van der Waals surface area (Å²) in [4.78, 5) is 39.1. The van der Waals surface area contributed by atoms with Gasteiger partial charge in [0.15, 0.2) is 0 Å². The van der Waals surface area contributed by atoms with Crippen molar-refractivity contribution in [2.45, 2.75) is 13.8 Å². The molecule has 39 heavy (non-hydrogen) atoms. The smallest absolute Gasteiger partial charge is 0.329 e. The van der Waals surface area contributed by atoms with E-state index in [0.29, 0.717) is 11.4 Å². The Hall–Kier alpha value is -5.11. The number of hydrogen-bond acceptors (Lipinski definition) is 4. The highest BCUT2D eigenvalue weighted by Gasteiger charge is 2.35. The SMILES string of the molecule is COc1ccccc1NC(=O)CN1C(=O)N/C(=C\c2cc(C)n(-c3ccc(-c4ccccc4)cc3)c2C)C1=O. The molecular weight excluding hydrogens is 492 g/mol. The van der Waals surface area contributed by atoms with Crippen LogP contribution in [-0.4, -0.2) is 41.0 Å². The Bertz CT molecular complexity index is 1590. The highest BCUT2D eigenvalue weighted by molar-refractivity contribution is 6.16. The summed E-state index contributed by atoms with van der Waals surface area (Å²) in [6.07, 6.45) is 1.65. The number of benzene rings is 3. The molecule has 0 saturated carbocycles. The number of carbonyl (C=O) groups is 3. The predicted octanol–water partition coefficient (Wildman–Crippen LogP) is 5.30. The standard InChI is InChI=1S/C31H28N4O4/c1-20-17-24(21(2)35(20)25-15-13-23(14-16-25)22-9-5-4-6-10-22)18-27-30(37)34(31(38)33-27)19-29(36)32-26-11-7-8-12-28(26)39-3/h4-18H,19H2,1-3H3,(H,32,36)(H,33,38)/b27-18-. The summed E-state index contributed by atoms with van der Waals surface area (Å²) in [5.41, 5.74) is 6.53. The first-order valence-electron chi connectivity index (χ1n) is 12.5. The van der Waals surface area contributed by atoms with Crippen molar-refractivity contribution < 1.29 is 19.1 Å². The third kappa shape index (κ3) is 5.17. The highest BCUT2D eigenvalue weighted by Crippen LogP contribution is 2.27. The molecule has 0 radical (unpaired) electrons. The van der Waals surface area contributed by atoms with E-state index in [9.17, 15) is 14.4 Å². The fourth-order valence-corrected chi connectivity index (χ4v) is 4.72. The Kier molecular flexibility index (Phi) is 7.01. The summed E-state index contributed by atoms with van der Waals surface area (Å²) in [6.45, 7) is 3.53. The van der Waals surface area contributed by atoms with Gasteiger partial charge in [-0.25, -0.2) is 9.69 Å². The molecule has 8 heteroatoms. The number of rotatable bonds is 7. The Morgan fingerprint density at radius 1 is 0.923 bits per heavy atom. The van der Waals surface area contributed by atoms with Crippen LogP contribution in [0.3, 0.4) is 0 Å². The molecule has 1 aromatic heterocycles. The van der Waals surface area contributed by atoms with Gasteiger partial charge in [-0.2, -0.15) is 0 Å². The molecule has 2 heterocycles. The molecule has 4 aromatic rings. The fourth-order valence-electron chi connectivity index (χ4n) is 4.72. The molecule has 0 aliphatic carbocycles. The van der Waals surface area contributed by atoms with Crippen molar-refractivity contribution in [3.8, 4) is 22.6 Å². The van der Waals surface area contributed by atoms with Crippen LogP contribution in [0.25, 0.3) is 22.9 Å². The summed E-state index contributed by atoms with van der Waals surface area (Å²) in [7, 11) is 1.50. The number of methoxy groups -OCH3 is 1. The van der Waals surface area contributed by atoms with Crippen LogP contribution < -0.4 is 15.4 Å². The summed E-state index contributed by atoms with van der Waals surface area (Å²) < 4.78 is 7.34. The van der Waals surface area contributed by atoms with Crippen molar-refractivity contribution in [1.29, 1.82) is 0 Å². The van der Waals surface area contributed by atoms with Gasteiger partial charge in [-0.05, 0) is 66.9 Å². The lowest BCUT2D eigenvalue weighted by molar-refractivity contribution is -0.127. The summed E-state index contributed by atoms with van der Waals surface area (Å²) >= 11 is 0. The number of nitrogens with zero attached hydrogens (tertiary/aromatic N) is 2. The number of aryl methyl sites for hydroxylation is 1. The van der Waals surface area contributed by atoms with Crippen molar-refractivity contribution in [3.63, 3.8) is 0 Å². The lowest BCUT2D eigenvalue weighted by Gasteiger charge is -2.13. The molecule has 1 fully saturated rings. The molecule has 1 aliphatic rings. The van der Waals surface area contributed by atoms with Crippen LogP contribution in [0.5, 0.6) is 5.75 Å². The number of aromatic nitrogens is 1. The van der Waals surface area contributed by atoms with Crippen LogP contribution in [0.15, 0.2) is 90.6 Å². The molecule has 5 rings (SSSR count). The lowest BCUT2D eigenvalue weighted by atomic mass is 10.1. The van der Waals surface area contributed by atoms with Crippen LogP contribution in [-0.2, 0) is 9.59 Å². The van der Waals surface area contributed by atoms with Crippen molar-refractivity contribution in [1.82, 2.24) is 14.8 Å². The van der Waals surface area contributed by atoms with Crippen molar-refractivity contribution in [3.05, 3.63) is 108 Å². The molecule has 196 valence electrons. The molecule has 1 aliphatic heterocycles. The number of carbonyl (C=O) groups excluding carboxylic acids is 3. The zero-order valence-corrected chi connectivity index (χ0v) is 21.9. The van der Waals surface area contributed by atoms with Gasteiger partial charge in [-0.15, -0.1) is 0 Å².